The number of carbonyl (C=O) groups is 1. The number of morpholine rings is 1. The van der Waals surface area contributed by atoms with E-state index in [-0.39, 0.29) is 22.4 Å². The van der Waals surface area contributed by atoms with Gasteiger partial charge in [-0.25, -0.2) is 8.42 Å². The zero-order valence-electron chi connectivity index (χ0n) is 17.7. The van der Waals surface area contributed by atoms with Crippen LogP contribution in [0.4, 0.5) is 5.69 Å². The predicted molar refractivity (Wildman–Crippen MR) is 130 cm³/mol. The first kappa shape index (κ1) is 23.7. The lowest BCUT2D eigenvalue weighted by atomic mass is 10.1. The Balaban J connectivity index is 1.46. The number of halogens is 1. The fourth-order valence-corrected chi connectivity index (χ4v) is 5.70. The van der Waals surface area contributed by atoms with E-state index in [2.05, 4.69) is 21.0 Å². The minimum atomic E-state index is -3.86. The van der Waals surface area contributed by atoms with Crippen molar-refractivity contribution >= 4 is 44.6 Å². The summed E-state index contributed by atoms with van der Waals surface area (Å²) < 4.78 is 33.6. The van der Waals surface area contributed by atoms with E-state index >= 15 is 0 Å². The van der Waals surface area contributed by atoms with Crippen LogP contribution in [0.5, 0.6) is 0 Å². The molecule has 1 aliphatic heterocycles. The minimum Gasteiger partial charge on any atom is -0.379 e. The summed E-state index contributed by atoms with van der Waals surface area (Å²) in [7, 11) is -3.86. The molecule has 0 unspecified atom stereocenters. The molecule has 1 saturated heterocycles. The second-order valence-corrected chi connectivity index (χ2v) is 10.6. The Morgan fingerprint density at radius 3 is 2.55 bits per heavy atom. The summed E-state index contributed by atoms with van der Waals surface area (Å²) in [6, 6.07) is 16.4. The highest BCUT2D eigenvalue weighted by molar-refractivity contribution is 7.92. The second kappa shape index (κ2) is 10.7. The molecule has 4 rings (SSSR count). The van der Waals surface area contributed by atoms with Crippen molar-refractivity contribution in [2.45, 2.75) is 10.9 Å². The van der Waals surface area contributed by atoms with Gasteiger partial charge < -0.3 is 10.1 Å². The third kappa shape index (κ3) is 6.13. The van der Waals surface area contributed by atoms with E-state index in [4.69, 9.17) is 16.3 Å². The molecule has 10 heteroatoms. The Labute approximate surface area is 202 Å². The summed E-state index contributed by atoms with van der Waals surface area (Å²) >= 11 is 7.51. The van der Waals surface area contributed by atoms with Gasteiger partial charge in [-0.2, -0.15) is 0 Å². The smallest absolute Gasteiger partial charge is 0.261 e. The molecule has 2 heterocycles. The molecule has 0 aliphatic carbocycles. The summed E-state index contributed by atoms with van der Waals surface area (Å²) in [5, 5.41) is 5.50. The first-order valence-electron chi connectivity index (χ1n) is 10.4. The molecule has 1 amide bonds. The summed E-state index contributed by atoms with van der Waals surface area (Å²) in [5.74, 6) is -0.326. The topological polar surface area (TPSA) is 87.7 Å². The van der Waals surface area contributed by atoms with Crippen molar-refractivity contribution in [1.29, 1.82) is 0 Å². The standard InChI is InChI=1S/C23H24ClN3O4S2/c24-18-6-8-19(9-7-18)26-33(29,30)20-4-1-3-17(15-20)23(28)25-16-21(22-5-2-14-32-22)27-10-12-31-13-11-27/h1-9,14-15,21,26H,10-13,16H2,(H,25,28)/t21-/m1/s1. The van der Waals surface area contributed by atoms with E-state index in [0.717, 1.165) is 13.1 Å². The van der Waals surface area contributed by atoms with E-state index in [0.29, 0.717) is 30.5 Å². The number of sulfonamides is 1. The van der Waals surface area contributed by atoms with Gasteiger partial charge in [0.1, 0.15) is 0 Å². The van der Waals surface area contributed by atoms with Crippen molar-refractivity contribution in [2.75, 3.05) is 37.6 Å². The van der Waals surface area contributed by atoms with E-state index < -0.39 is 10.0 Å². The number of carbonyl (C=O) groups excluding carboxylic acids is 1. The average molecular weight is 506 g/mol. The van der Waals surface area contributed by atoms with Crippen molar-refractivity contribution in [1.82, 2.24) is 10.2 Å². The number of anilines is 1. The molecular formula is C23H24ClN3O4S2. The number of benzene rings is 2. The first-order chi connectivity index (χ1) is 15.9. The van der Waals surface area contributed by atoms with Gasteiger partial charge in [0.05, 0.1) is 24.2 Å². The van der Waals surface area contributed by atoms with Gasteiger partial charge in [0.2, 0.25) is 0 Å². The molecule has 3 aromatic rings. The van der Waals surface area contributed by atoms with Gasteiger partial charge in [-0.1, -0.05) is 23.7 Å². The molecule has 1 aliphatic rings. The molecule has 174 valence electrons. The molecule has 33 heavy (non-hydrogen) atoms. The van der Waals surface area contributed by atoms with E-state index in [9.17, 15) is 13.2 Å². The Hall–Kier alpha value is -2.43. The first-order valence-corrected chi connectivity index (χ1v) is 13.2. The number of amides is 1. The maximum atomic E-state index is 12.9. The highest BCUT2D eigenvalue weighted by Crippen LogP contribution is 2.26. The van der Waals surface area contributed by atoms with E-state index in [1.165, 1.54) is 17.0 Å². The Kier molecular flexibility index (Phi) is 7.67. The quantitative estimate of drug-likeness (QED) is 0.483. The molecule has 0 radical (unpaired) electrons. The molecular weight excluding hydrogens is 482 g/mol. The summed E-state index contributed by atoms with van der Waals surface area (Å²) in [4.78, 5) is 16.4. The number of nitrogens with one attached hydrogen (secondary N) is 2. The largest absolute Gasteiger partial charge is 0.379 e. The number of hydrogen-bond acceptors (Lipinski definition) is 6. The molecule has 0 saturated carbocycles. The van der Waals surface area contributed by atoms with E-state index in [1.54, 1.807) is 47.7 Å². The molecule has 1 aromatic heterocycles. The Morgan fingerprint density at radius 1 is 1.09 bits per heavy atom. The summed E-state index contributed by atoms with van der Waals surface area (Å²) in [6.07, 6.45) is 0. The van der Waals surface area contributed by atoms with Crippen LogP contribution in [-0.4, -0.2) is 52.1 Å². The van der Waals surface area contributed by atoms with Gasteiger partial charge in [0, 0.05) is 40.8 Å². The van der Waals surface area contributed by atoms with Crippen molar-refractivity contribution < 1.29 is 17.9 Å². The van der Waals surface area contributed by atoms with E-state index in [1.807, 2.05) is 11.4 Å². The van der Waals surface area contributed by atoms with Crippen molar-refractivity contribution in [3.8, 4) is 0 Å². The Morgan fingerprint density at radius 2 is 1.85 bits per heavy atom. The highest BCUT2D eigenvalue weighted by atomic mass is 35.5. The number of rotatable bonds is 8. The van der Waals surface area contributed by atoms with Gasteiger partial charge in [-0.15, -0.1) is 11.3 Å². The monoisotopic (exact) mass is 505 g/mol. The van der Waals surface area contributed by atoms with Crippen molar-refractivity contribution in [3.63, 3.8) is 0 Å². The lowest BCUT2D eigenvalue weighted by molar-refractivity contribution is 0.0169. The zero-order valence-corrected chi connectivity index (χ0v) is 20.1. The fraction of sp³-hybridized carbons (Fsp3) is 0.261. The third-order valence-corrected chi connectivity index (χ3v) is 7.92. The second-order valence-electron chi connectivity index (χ2n) is 7.53. The normalized spacial score (nSPS) is 15.7. The SMILES string of the molecule is O=C(NC[C@H](c1cccs1)N1CCOCC1)c1cccc(S(=O)(=O)Nc2ccc(Cl)cc2)c1. The Bertz CT molecular complexity index is 1180. The van der Waals surface area contributed by atoms with Crippen LogP contribution in [0.15, 0.2) is 70.9 Å². The summed E-state index contributed by atoms with van der Waals surface area (Å²) in [6.45, 7) is 3.33. The average Bonchev–Trinajstić information content (AvgIpc) is 3.36. The van der Waals surface area contributed by atoms with Crippen LogP contribution in [0.25, 0.3) is 0 Å². The lowest BCUT2D eigenvalue weighted by Gasteiger charge is -2.34. The van der Waals surface area contributed by atoms with Crippen LogP contribution in [0, 0.1) is 0 Å². The third-order valence-electron chi connectivity index (χ3n) is 5.32. The predicted octanol–water partition coefficient (Wildman–Crippen LogP) is 4.01. The molecule has 0 bridgehead atoms. The number of nitrogens with zero attached hydrogens (tertiary/aromatic N) is 1. The van der Waals surface area contributed by atoms with Crippen LogP contribution in [-0.2, 0) is 14.8 Å². The van der Waals surface area contributed by atoms with Gasteiger partial charge in [-0.05, 0) is 53.9 Å². The molecule has 1 fully saturated rings. The maximum Gasteiger partial charge on any atom is 0.261 e. The van der Waals surface area contributed by atoms with Gasteiger partial charge in [-0.3, -0.25) is 14.4 Å². The van der Waals surface area contributed by atoms with Crippen LogP contribution in [0.1, 0.15) is 21.3 Å². The molecule has 2 N–H and O–H groups in total. The number of ether oxygens (including phenoxy) is 1. The van der Waals surface area contributed by atoms with Crippen molar-refractivity contribution in [3.05, 3.63) is 81.5 Å². The van der Waals surface area contributed by atoms with Crippen molar-refractivity contribution in [2.24, 2.45) is 0 Å². The number of thiophene rings is 1. The van der Waals surface area contributed by atoms with Gasteiger partial charge >= 0.3 is 0 Å². The van der Waals surface area contributed by atoms with Gasteiger partial charge in [0.15, 0.2) is 0 Å². The highest BCUT2D eigenvalue weighted by Gasteiger charge is 2.24. The minimum absolute atomic E-state index is 0.00749. The molecule has 7 nitrogen and oxygen atoms in total. The fourth-order valence-electron chi connectivity index (χ4n) is 3.61. The maximum absolute atomic E-state index is 12.9. The van der Waals surface area contributed by atoms with Gasteiger partial charge in [0.25, 0.3) is 15.9 Å². The van der Waals surface area contributed by atoms with Crippen LogP contribution in [0.2, 0.25) is 5.02 Å². The molecule has 1 atom stereocenters. The molecule has 2 aromatic carbocycles. The number of hydrogen-bond donors (Lipinski definition) is 2. The zero-order chi connectivity index (χ0) is 23.3. The molecule has 0 spiro atoms. The summed E-state index contributed by atoms with van der Waals surface area (Å²) in [5.41, 5.74) is 0.666. The lowest BCUT2D eigenvalue weighted by Crippen LogP contribution is -2.43. The van der Waals surface area contributed by atoms with Crippen LogP contribution >= 0.6 is 22.9 Å². The van der Waals surface area contributed by atoms with Crippen LogP contribution in [0.3, 0.4) is 0 Å². The van der Waals surface area contributed by atoms with Crippen LogP contribution < -0.4 is 10.0 Å².